The van der Waals surface area contributed by atoms with Crippen LogP contribution in [0.5, 0.6) is 0 Å². The summed E-state index contributed by atoms with van der Waals surface area (Å²) in [7, 11) is 7.61. The Balaban J connectivity index is 1.81. The van der Waals surface area contributed by atoms with Crippen molar-refractivity contribution < 1.29 is 9.59 Å². The van der Waals surface area contributed by atoms with Crippen LogP contribution >= 0.6 is 0 Å². The first-order valence-corrected chi connectivity index (χ1v) is 8.60. The molecule has 0 aliphatic carbocycles. The number of amides is 2. The van der Waals surface area contributed by atoms with Crippen molar-refractivity contribution in [3.63, 3.8) is 0 Å². The zero-order valence-electron chi connectivity index (χ0n) is 15.3. The number of fused-ring (bicyclic) bond motifs is 1. The van der Waals surface area contributed by atoms with Gasteiger partial charge in [-0.3, -0.25) is 19.4 Å². The van der Waals surface area contributed by atoms with Gasteiger partial charge < -0.3 is 9.80 Å². The van der Waals surface area contributed by atoms with Crippen molar-refractivity contribution >= 4 is 11.8 Å². The van der Waals surface area contributed by atoms with E-state index in [1.807, 2.05) is 67.3 Å². The summed E-state index contributed by atoms with van der Waals surface area (Å²) < 4.78 is 0. The molecule has 0 spiro atoms. The molecule has 1 aromatic carbocycles. The van der Waals surface area contributed by atoms with E-state index in [1.165, 1.54) is 5.56 Å². The molecule has 0 N–H and O–H groups in total. The average Bonchev–Trinajstić information content (AvgIpc) is 3.02. The Morgan fingerprint density at radius 3 is 2.40 bits per heavy atom. The van der Waals surface area contributed by atoms with Gasteiger partial charge in [0, 0.05) is 38.8 Å². The van der Waals surface area contributed by atoms with Crippen molar-refractivity contribution in [3.8, 4) is 0 Å². The minimum absolute atomic E-state index is 0.0343. The van der Waals surface area contributed by atoms with Gasteiger partial charge in [-0.05, 0) is 26.1 Å². The third-order valence-corrected chi connectivity index (χ3v) is 4.71. The van der Waals surface area contributed by atoms with Crippen molar-refractivity contribution in [3.05, 3.63) is 47.7 Å². The maximum atomic E-state index is 13.0. The minimum atomic E-state index is -0.373. The lowest BCUT2D eigenvalue weighted by atomic mass is 10.1. The average molecular weight is 342 g/mol. The van der Waals surface area contributed by atoms with Gasteiger partial charge in [0.15, 0.2) is 6.29 Å². The van der Waals surface area contributed by atoms with E-state index in [1.54, 1.807) is 4.90 Å². The zero-order chi connectivity index (χ0) is 18.1. The molecule has 134 valence electrons. The largest absolute Gasteiger partial charge is 0.383 e. The van der Waals surface area contributed by atoms with Crippen molar-refractivity contribution in [2.45, 2.75) is 25.2 Å². The molecule has 1 aromatic rings. The lowest BCUT2D eigenvalue weighted by molar-refractivity contribution is -0.134. The molecule has 6 heteroatoms. The molecule has 2 aliphatic rings. The third kappa shape index (κ3) is 3.26. The standard InChI is InChI=1S/C19H26N4O2/c1-20(2)13-15-12-16-18(25)22(11-10-14-8-6-5-7-9-14)19(21(3)4)23(16)17(15)24/h5-9,13,16,19H,10-12H2,1-4H3/b15-13+. The first kappa shape index (κ1) is 17.5. The predicted molar refractivity (Wildman–Crippen MR) is 96.4 cm³/mol. The summed E-state index contributed by atoms with van der Waals surface area (Å²) in [5, 5.41) is 0. The lowest BCUT2D eigenvalue weighted by Gasteiger charge is -2.34. The SMILES string of the molecule is CN(C)/C=C1\CC2C(=O)N(CCc3ccccc3)C(N(C)C)N2C1=O. The first-order chi connectivity index (χ1) is 11.9. The highest BCUT2D eigenvalue weighted by Gasteiger charge is 2.54. The van der Waals surface area contributed by atoms with Crippen LogP contribution in [-0.4, -0.2) is 78.5 Å². The minimum Gasteiger partial charge on any atom is -0.383 e. The van der Waals surface area contributed by atoms with Crippen LogP contribution < -0.4 is 0 Å². The fraction of sp³-hybridized carbons (Fsp3) is 0.474. The Hall–Kier alpha value is -2.34. The predicted octanol–water partition coefficient (Wildman–Crippen LogP) is 0.963. The van der Waals surface area contributed by atoms with Crippen LogP contribution in [-0.2, 0) is 16.0 Å². The monoisotopic (exact) mass is 342 g/mol. The highest BCUT2D eigenvalue weighted by Crippen LogP contribution is 2.35. The van der Waals surface area contributed by atoms with Gasteiger partial charge in [0.25, 0.3) is 5.91 Å². The fourth-order valence-corrected chi connectivity index (χ4v) is 3.70. The number of benzene rings is 1. The molecule has 3 rings (SSSR count). The second-order valence-electron chi connectivity index (χ2n) is 7.13. The smallest absolute Gasteiger partial charge is 0.254 e. The molecule has 0 aromatic heterocycles. The number of nitrogens with zero attached hydrogens (tertiary/aromatic N) is 4. The Kier molecular flexibility index (Phi) is 4.81. The van der Waals surface area contributed by atoms with E-state index in [4.69, 9.17) is 0 Å². The second-order valence-corrected chi connectivity index (χ2v) is 7.13. The fourth-order valence-electron chi connectivity index (χ4n) is 3.70. The number of hydrogen-bond donors (Lipinski definition) is 0. The Labute approximate surface area is 149 Å². The normalized spacial score (nSPS) is 24.6. The third-order valence-electron chi connectivity index (χ3n) is 4.71. The number of carbonyl (C=O) groups excluding carboxylic acids is 2. The van der Waals surface area contributed by atoms with Gasteiger partial charge >= 0.3 is 0 Å². The van der Waals surface area contributed by atoms with E-state index in [0.29, 0.717) is 18.5 Å². The molecule has 2 heterocycles. The van der Waals surface area contributed by atoms with Crippen molar-refractivity contribution in [1.29, 1.82) is 0 Å². The molecule has 2 fully saturated rings. The highest BCUT2D eigenvalue weighted by molar-refractivity contribution is 6.03. The van der Waals surface area contributed by atoms with Crippen LogP contribution in [0.4, 0.5) is 0 Å². The molecule has 2 saturated heterocycles. The summed E-state index contributed by atoms with van der Waals surface area (Å²) in [4.78, 5) is 33.2. The molecule has 0 bridgehead atoms. The quantitative estimate of drug-likeness (QED) is 0.748. The number of carbonyl (C=O) groups is 2. The Morgan fingerprint density at radius 1 is 1.12 bits per heavy atom. The van der Waals surface area contributed by atoms with Gasteiger partial charge in [-0.2, -0.15) is 0 Å². The highest BCUT2D eigenvalue weighted by atomic mass is 16.2. The maximum Gasteiger partial charge on any atom is 0.254 e. The summed E-state index contributed by atoms with van der Waals surface area (Å²) in [6.07, 6.45) is 2.78. The molecule has 2 unspecified atom stereocenters. The van der Waals surface area contributed by atoms with E-state index in [2.05, 4.69) is 12.1 Å². The van der Waals surface area contributed by atoms with Crippen LogP contribution in [0.1, 0.15) is 12.0 Å². The maximum absolute atomic E-state index is 13.0. The second kappa shape index (κ2) is 6.88. The van der Waals surface area contributed by atoms with E-state index in [9.17, 15) is 9.59 Å². The van der Waals surface area contributed by atoms with E-state index in [0.717, 1.165) is 6.42 Å². The summed E-state index contributed by atoms with van der Waals surface area (Å²) in [6.45, 7) is 0.610. The van der Waals surface area contributed by atoms with Gasteiger partial charge in [0.2, 0.25) is 5.91 Å². The molecule has 6 nitrogen and oxygen atoms in total. The summed E-state index contributed by atoms with van der Waals surface area (Å²) in [5.41, 5.74) is 1.90. The molecule has 25 heavy (non-hydrogen) atoms. The molecule has 2 amide bonds. The van der Waals surface area contributed by atoms with Crippen LogP contribution in [0, 0.1) is 0 Å². The Bertz CT molecular complexity index is 684. The van der Waals surface area contributed by atoms with Crippen LogP contribution in [0.2, 0.25) is 0 Å². The van der Waals surface area contributed by atoms with E-state index in [-0.39, 0.29) is 24.1 Å². The topological polar surface area (TPSA) is 47.1 Å². The summed E-state index contributed by atoms with van der Waals surface area (Å²) >= 11 is 0. The van der Waals surface area contributed by atoms with Crippen LogP contribution in [0.15, 0.2) is 42.1 Å². The molecular formula is C19H26N4O2. The van der Waals surface area contributed by atoms with E-state index >= 15 is 0 Å². The number of hydrogen-bond acceptors (Lipinski definition) is 4. The van der Waals surface area contributed by atoms with Gasteiger partial charge in [-0.1, -0.05) is 30.3 Å². The van der Waals surface area contributed by atoms with Gasteiger partial charge in [0.05, 0.1) is 0 Å². The van der Waals surface area contributed by atoms with Crippen molar-refractivity contribution in [2.75, 3.05) is 34.7 Å². The first-order valence-electron chi connectivity index (χ1n) is 8.60. The number of rotatable bonds is 5. The van der Waals surface area contributed by atoms with Gasteiger partial charge in [-0.15, -0.1) is 0 Å². The molecule has 0 radical (unpaired) electrons. The molecule has 0 saturated carbocycles. The van der Waals surface area contributed by atoms with Gasteiger partial charge in [-0.25, -0.2) is 0 Å². The van der Waals surface area contributed by atoms with Gasteiger partial charge in [0.1, 0.15) is 6.04 Å². The lowest BCUT2D eigenvalue weighted by Crippen LogP contribution is -2.51. The molecule has 2 aliphatic heterocycles. The summed E-state index contributed by atoms with van der Waals surface area (Å²) in [6, 6.07) is 9.75. The molecular weight excluding hydrogens is 316 g/mol. The van der Waals surface area contributed by atoms with Crippen LogP contribution in [0.25, 0.3) is 0 Å². The van der Waals surface area contributed by atoms with Crippen molar-refractivity contribution in [1.82, 2.24) is 19.6 Å². The zero-order valence-corrected chi connectivity index (χ0v) is 15.3. The molecule has 2 atom stereocenters. The Morgan fingerprint density at radius 2 is 1.80 bits per heavy atom. The summed E-state index contributed by atoms with van der Waals surface area (Å²) in [5.74, 6) is 0.0121. The van der Waals surface area contributed by atoms with Crippen molar-refractivity contribution in [2.24, 2.45) is 0 Å². The van der Waals surface area contributed by atoms with Crippen LogP contribution in [0.3, 0.4) is 0 Å². The van der Waals surface area contributed by atoms with E-state index < -0.39 is 0 Å².